The number of nitrogens with two attached hydrogens (primary N) is 2. The summed E-state index contributed by atoms with van der Waals surface area (Å²) in [5, 5.41) is 3.88. The van der Waals surface area contributed by atoms with Crippen molar-refractivity contribution in [2.45, 2.75) is 77.9 Å². The lowest BCUT2D eigenvalue weighted by atomic mass is 9.98. The molecule has 1 amide bonds. The molecule has 1 aromatic heterocycles. The molecule has 1 fully saturated rings. The van der Waals surface area contributed by atoms with Gasteiger partial charge >= 0.3 is 6.09 Å². The lowest BCUT2D eigenvalue weighted by Crippen LogP contribution is -2.40. The smallest absolute Gasteiger partial charge is 0.413 e. The van der Waals surface area contributed by atoms with Gasteiger partial charge in [0, 0.05) is 7.05 Å². The molecule has 0 aromatic carbocycles. The molecule has 0 aliphatic heterocycles. The van der Waals surface area contributed by atoms with Gasteiger partial charge in [-0.25, -0.2) is 15.6 Å². The summed E-state index contributed by atoms with van der Waals surface area (Å²) in [6.45, 7) is 5.81. The fourth-order valence-electron chi connectivity index (χ4n) is 3.39. The molecule has 5 N–H and O–H groups in total. The maximum atomic E-state index is 12.2. The Kier molecular flexibility index (Phi) is 8.57. The normalized spacial score (nSPS) is 15.7. The summed E-state index contributed by atoms with van der Waals surface area (Å²) in [5.74, 6) is 6.88. The third-order valence-electron chi connectivity index (χ3n) is 5.17. The molecule has 0 atom stereocenters. The molecule has 0 saturated heterocycles. The minimum Gasteiger partial charge on any atom is -0.489 e. The van der Waals surface area contributed by atoms with E-state index >= 15 is 0 Å². The zero-order valence-electron chi connectivity index (χ0n) is 18.0. The lowest BCUT2D eigenvalue weighted by Gasteiger charge is -2.24. The minimum atomic E-state index is -0.595. The average Bonchev–Trinajstić information content (AvgIpc) is 2.71. The molecule has 1 aliphatic rings. The average molecular weight is 406 g/mol. The molecule has 8 nitrogen and oxygen atoms in total. The van der Waals surface area contributed by atoms with E-state index < -0.39 is 6.09 Å². The highest BCUT2D eigenvalue weighted by Crippen LogP contribution is 2.26. The molecule has 2 rings (SSSR count). The second-order valence-electron chi connectivity index (χ2n) is 7.50. The second kappa shape index (κ2) is 10.9. The van der Waals surface area contributed by atoms with Gasteiger partial charge in [-0.2, -0.15) is 0 Å². The van der Waals surface area contributed by atoms with Crippen molar-refractivity contribution >= 4 is 11.8 Å². The first-order valence-electron chi connectivity index (χ1n) is 10.5. The quantitative estimate of drug-likeness (QED) is 0.448. The minimum absolute atomic E-state index is 0.155. The van der Waals surface area contributed by atoms with Gasteiger partial charge in [0.05, 0.1) is 17.5 Å². The molecule has 1 saturated carbocycles. The number of hydrogen-bond donors (Lipinski definition) is 3. The van der Waals surface area contributed by atoms with Crippen molar-refractivity contribution in [3.63, 3.8) is 0 Å². The predicted octanol–water partition coefficient (Wildman–Crippen LogP) is 3.41. The summed E-state index contributed by atoms with van der Waals surface area (Å²) in [6, 6.07) is 3.65. The van der Waals surface area contributed by atoms with Gasteiger partial charge in [0.15, 0.2) is 5.82 Å². The Balaban J connectivity index is 2.16. The SMILES string of the molecule is CCC(CC)OC(=O)N/C(=C(/N)c1ccc(OC2CCCCC2)c(C)n1)N(C)N. The van der Waals surface area contributed by atoms with Gasteiger partial charge in [-0.1, -0.05) is 20.3 Å². The Labute approximate surface area is 173 Å². The Morgan fingerprint density at radius 3 is 2.48 bits per heavy atom. The van der Waals surface area contributed by atoms with Crippen LogP contribution in [0.25, 0.3) is 5.70 Å². The van der Waals surface area contributed by atoms with Gasteiger partial charge in [0.2, 0.25) is 0 Å². The van der Waals surface area contributed by atoms with E-state index in [1.54, 1.807) is 13.1 Å². The van der Waals surface area contributed by atoms with E-state index in [0.717, 1.165) is 37.1 Å². The number of alkyl carbamates (subject to hydrolysis) is 1. The largest absolute Gasteiger partial charge is 0.489 e. The number of carbonyl (C=O) groups excluding carboxylic acids is 1. The standard InChI is InChI=1S/C21H35N5O3/c1-5-15(6-2)29-21(27)25-20(26(4)23)19(22)17-12-13-18(14(3)24-17)28-16-10-8-7-9-11-16/h12-13,15-16H,5-11,22-23H2,1-4H3,(H,25,27)/b20-19-. The number of aryl methyl sites for hydroxylation is 1. The van der Waals surface area contributed by atoms with E-state index in [4.69, 9.17) is 21.1 Å². The molecule has 8 heteroatoms. The molecular formula is C21H35N5O3. The van der Waals surface area contributed by atoms with Crippen LogP contribution in [0.2, 0.25) is 0 Å². The Bertz CT molecular complexity index is 710. The van der Waals surface area contributed by atoms with Crippen molar-refractivity contribution in [3.05, 3.63) is 29.3 Å². The Morgan fingerprint density at radius 1 is 1.28 bits per heavy atom. The van der Waals surface area contributed by atoms with E-state index in [-0.39, 0.29) is 23.7 Å². The van der Waals surface area contributed by atoms with Crippen molar-refractivity contribution in [3.8, 4) is 5.75 Å². The van der Waals surface area contributed by atoms with Crippen molar-refractivity contribution in [1.29, 1.82) is 0 Å². The van der Waals surface area contributed by atoms with Crippen LogP contribution in [0.1, 0.15) is 70.2 Å². The number of aromatic nitrogens is 1. The van der Waals surface area contributed by atoms with Crippen LogP contribution in [0.15, 0.2) is 18.0 Å². The molecule has 0 unspecified atom stereocenters. The monoisotopic (exact) mass is 405 g/mol. The number of nitrogens with one attached hydrogen (secondary N) is 1. The highest BCUT2D eigenvalue weighted by Gasteiger charge is 2.19. The van der Waals surface area contributed by atoms with Crippen molar-refractivity contribution in [2.75, 3.05) is 7.05 Å². The van der Waals surface area contributed by atoms with Crippen LogP contribution in [0, 0.1) is 6.92 Å². The highest BCUT2D eigenvalue weighted by molar-refractivity contribution is 5.74. The van der Waals surface area contributed by atoms with E-state index in [0.29, 0.717) is 5.69 Å². The van der Waals surface area contributed by atoms with Crippen LogP contribution < -0.4 is 21.6 Å². The number of hydrazine groups is 1. The summed E-state index contributed by atoms with van der Waals surface area (Å²) >= 11 is 0. The van der Waals surface area contributed by atoms with Gasteiger partial charge in [0.25, 0.3) is 0 Å². The first-order valence-corrected chi connectivity index (χ1v) is 10.5. The number of hydrogen-bond acceptors (Lipinski definition) is 7. The molecule has 1 aromatic rings. The Hall–Kier alpha value is -2.48. The van der Waals surface area contributed by atoms with Crippen LogP contribution in [0.3, 0.4) is 0 Å². The van der Waals surface area contributed by atoms with Crippen molar-refractivity contribution < 1.29 is 14.3 Å². The summed E-state index contributed by atoms with van der Waals surface area (Å²) in [6.07, 6.45) is 6.81. The molecular weight excluding hydrogens is 370 g/mol. The van der Waals surface area contributed by atoms with Crippen LogP contribution in [0.4, 0.5) is 4.79 Å². The number of pyridine rings is 1. The van der Waals surface area contributed by atoms with Gasteiger partial charge in [0.1, 0.15) is 17.6 Å². The summed E-state index contributed by atoms with van der Waals surface area (Å²) in [4.78, 5) is 16.8. The summed E-state index contributed by atoms with van der Waals surface area (Å²) in [5.41, 5.74) is 7.78. The van der Waals surface area contributed by atoms with Crippen LogP contribution in [-0.4, -0.2) is 35.3 Å². The van der Waals surface area contributed by atoms with E-state index in [9.17, 15) is 4.79 Å². The van der Waals surface area contributed by atoms with Gasteiger partial charge in [-0.05, 0) is 57.6 Å². The summed E-state index contributed by atoms with van der Waals surface area (Å²) in [7, 11) is 1.59. The van der Waals surface area contributed by atoms with Crippen molar-refractivity contribution in [1.82, 2.24) is 15.3 Å². The van der Waals surface area contributed by atoms with Crippen LogP contribution in [-0.2, 0) is 4.74 Å². The topological polar surface area (TPSA) is 116 Å². The van der Waals surface area contributed by atoms with Gasteiger partial charge < -0.3 is 15.2 Å². The highest BCUT2D eigenvalue weighted by atomic mass is 16.6. The molecule has 0 radical (unpaired) electrons. The zero-order valence-corrected chi connectivity index (χ0v) is 18.0. The molecule has 162 valence electrons. The first kappa shape index (κ1) is 22.8. The lowest BCUT2D eigenvalue weighted by molar-refractivity contribution is 0.0931. The van der Waals surface area contributed by atoms with Gasteiger partial charge in [-0.3, -0.25) is 10.3 Å². The van der Waals surface area contributed by atoms with E-state index in [2.05, 4.69) is 10.3 Å². The first-order chi connectivity index (χ1) is 13.8. The molecule has 29 heavy (non-hydrogen) atoms. The summed E-state index contributed by atoms with van der Waals surface area (Å²) < 4.78 is 11.5. The molecule has 0 spiro atoms. The number of carbonyl (C=O) groups is 1. The molecule has 0 bridgehead atoms. The van der Waals surface area contributed by atoms with Crippen molar-refractivity contribution in [2.24, 2.45) is 11.6 Å². The molecule has 1 heterocycles. The fraction of sp³-hybridized carbons (Fsp3) is 0.619. The second-order valence-corrected chi connectivity index (χ2v) is 7.50. The predicted molar refractivity (Wildman–Crippen MR) is 114 cm³/mol. The van der Waals surface area contributed by atoms with E-state index in [1.807, 2.05) is 26.8 Å². The third-order valence-corrected chi connectivity index (χ3v) is 5.17. The zero-order chi connectivity index (χ0) is 21.4. The number of ether oxygens (including phenoxy) is 2. The number of amides is 1. The van der Waals surface area contributed by atoms with Crippen LogP contribution >= 0.6 is 0 Å². The maximum Gasteiger partial charge on any atom is 0.413 e. The fourth-order valence-corrected chi connectivity index (χ4v) is 3.39. The molecule has 1 aliphatic carbocycles. The number of rotatable bonds is 8. The third kappa shape index (κ3) is 6.52. The van der Waals surface area contributed by atoms with Crippen LogP contribution in [0.5, 0.6) is 5.75 Å². The maximum absolute atomic E-state index is 12.2. The Morgan fingerprint density at radius 2 is 1.93 bits per heavy atom. The number of nitrogens with zero attached hydrogens (tertiary/aromatic N) is 2. The van der Waals surface area contributed by atoms with Gasteiger partial charge in [-0.15, -0.1) is 0 Å². The van der Waals surface area contributed by atoms with E-state index in [1.165, 1.54) is 24.3 Å².